The highest BCUT2D eigenvalue weighted by Gasteiger charge is 2.27. The number of hydrogen-bond donors (Lipinski definition) is 2. The van der Waals surface area contributed by atoms with Gasteiger partial charge in [-0.15, -0.1) is 5.10 Å². The Kier molecular flexibility index (Phi) is 9.45. The average Bonchev–Trinajstić information content (AvgIpc) is 3.37. The van der Waals surface area contributed by atoms with Crippen molar-refractivity contribution in [2.45, 2.75) is 23.5 Å². The molecule has 1 amide bonds. The van der Waals surface area contributed by atoms with Gasteiger partial charge in [0.1, 0.15) is 0 Å². The van der Waals surface area contributed by atoms with Crippen molar-refractivity contribution in [3.05, 3.63) is 94.0 Å². The fourth-order valence-electron chi connectivity index (χ4n) is 3.51. The maximum Gasteiger partial charge on any atom is 0.243 e. The minimum absolute atomic E-state index is 0.0894. The lowest BCUT2D eigenvalue weighted by molar-refractivity contribution is -0.121. The van der Waals surface area contributed by atoms with E-state index in [1.807, 2.05) is 37.3 Å². The number of carbonyl (C=O) groups is 1. The largest absolute Gasteiger partial charge is 0.354 e. The van der Waals surface area contributed by atoms with Crippen LogP contribution in [0.5, 0.6) is 0 Å². The van der Waals surface area contributed by atoms with Crippen LogP contribution in [0.4, 0.5) is 0 Å². The second kappa shape index (κ2) is 12.8. The molecular weight excluding hydrogens is 565 g/mol. The van der Waals surface area contributed by atoms with Crippen LogP contribution in [0.2, 0.25) is 10.0 Å². The Balaban J connectivity index is 1.39. The van der Waals surface area contributed by atoms with Crippen molar-refractivity contribution >= 4 is 50.9 Å². The van der Waals surface area contributed by atoms with Crippen molar-refractivity contribution in [1.29, 1.82) is 0 Å². The van der Waals surface area contributed by atoms with Gasteiger partial charge in [-0.25, -0.2) is 13.4 Å². The van der Waals surface area contributed by atoms with Gasteiger partial charge in [-0.3, -0.25) is 9.89 Å². The Labute approximate surface area is 235 Å². The van der Waals surface area contributed by atoms with Crippen LogP contribution in [0.3, 0.4) is 0 Å². The van der Waals surface area contributed by atoms with Crippen molar-refractivity contribution in [2.75, 3.05) is 18.8 Å². The number of rotatable bonds is 11. The zero-order chi connectivity index (χ0) is 27.1. The molecule has 4 rings (SSSR count). The number of amides is 1. The highest BCUT2D eigenvalue weighted by Crippen LogP contribution is 2.25. The quantitative estimate of drug-likeness (QED) is 0.184. The van der Waals surface area contributed by atoms with Crippen LogP contribution < -0.4 is 5.32 Å². The monoisotopic (exact) mass is 589 g/mol. The van der Waals surface area contributed by atoms with Crippen LogP contribution in [-0.2, 0) is 21.4 Å². The molecule has 0 spiro atoms. The van der Waals surface area contributed by atoms with Crippen molar-refractivity contribution in [1.82, 2.24) is 24.8 Å². The number of benzene rings is 3. The van der Waals surface area contributed by atoms with Crippen LogP contribution in [0.25, 0.3) is 11.4 Å². The summed E-state index contributed by atoms with van der Waals surface area (Å²) in [4.78, 5) is 17.3. The molecule has 0 bridgehead atoms. The number of nitrogens with zero attached hydrogens (tertiary/aromatic N) is 3. The third-order valence-electron chi connectivity index (χ3n) is 5.51. The summed E-state index contributed by atoms with van der Waals surface area (Å²) >= 11 is 13.7. The van der Waals surface area contributed by atoms with Gasteiger partial charge in [-0.05, 0) is 36.8 Å². The molecule has 3 aromatic carbocycles. The van der Waals surface area contributed by atoms with E-state index in [1.165, 1.54) is 23.9 Å². The van der Waals surface area contributed by atoms with E-state index in [1.54, 1.807) is 30.3 Å². The van der Waals surface area contributed by atoms with Gasteiger partial charge in [0, 0.05) is 34.5 Å². The molecule has 1 heterocycles. The predicted molar refractivity (Wildman–Crippen MR) is 151 cm³/mol. The molecule has 0 aliphatic carbocycles. The van der Waals surface area contributed by atoms with Crippen LogP contribution >= 0.6 is 35.0 Å². The lowest BCUT2D eigenvalue weighted by atomic mass is 10.2. The second-order valence-corrected chi connectivity index (χ2v) is 12.2. The molecule has 8 nitrogen and oxygen atoms in total. The Bertz CT molecular complexity index is 1500. The van der Waals surface area contributed by atoms with Crippen LogP contribution in [0.15, 0.2) is 82.8 Å². The molecule has 0 aliphatic rings. The number of carbonyl (C=O) groups excluding carboxylic acids is 1. The first-order valence-electron chi connectivity index (χ1n) is 11.6. The van der Waals surface area contributed by atoms with Gasteiger partial charge in [0.05, 0.1) is 11.4 Å². The lowest BCUT2D eigenvalue weighted by Gasteiger charge is -2.22. The third kappa shape index (κ3) is 7.36. The lowest BCUT2D eigenvalue weighted by Crippen LogP contribution is -2.41. The fraction of sp³-hybridized carbons (Fsp3) is 0.192. The molecule has 0 aliphatic heterocycles. The molecule has 0 radical (unpaired) electrons. The number of thioether (sulfide) groups is 1. The molecule has 4 aromatic rings. The molecule has 0 unspecified atom stereocenters. The minimum Gasteiger partial charge on any atom is -0.354 e. The van der Waals surface area contributed by atoms with Gasteiger partial charge in [-0.1, -0.05) is 89.1 Å². The normalized spacial score (nSPS) is 11.6. The second-order valence-electron chi connectivity index (χ2n) is 8.35. The van der Waals surface area contributed by atoms with E-state index in [4.69, 9.17) is 23.2 Å². The van der Waals surface area contributed by atoms with Crippen LogP contribution in [-0.4, -0.2) is 52.7 Å². The zero-order valence-corrected chi connectivity index (χ0v) is 23.5. The van der Waals surface area contributed by atoms with Crippen LogP contribution in [0.1, 0.15) is 11.1 Å². The van der Waals surface area contributed by atoms with E-state index in [2.05, 4.69) is 20.5 Å². The molecule has 0 fully saturated rings. The third-order valence-corrected chi connectivity index (χ3v) is 8.75. The summed E-state index contributed by atoms with van der Waals surface area (Å²) in [5.74, 6) is 0.729. The van der Waals surface area contributed by atoms with Crippen LogP contribution in [0, 0.1) is 6.92 Å². The first-order chi connectivity index (χ1) is 18.2. The summed E-state index contributed by atoms with van der Waals surface area (Å²) < 4.78 is 28.0. The highest BCUT2D eigenvalue weighted by molar-refractivity contribution is 7.99. The molecule has 0 saturated carbocycles. The summed E-state index contributed by atoms with van der Waals surface area (Å²) in [6.07, 6.45) is 0. The number of aromatic nitrogens is 3. The van der Waals surface area contributed by atoms with E-state index in [0.29, 0.717) is 38.9 Å². The molecule has 0 atom stereocenters. The highest BCUT2D eigenvalue weighted by atomic mass is 35.5. The average molecular weight is 591 g/mol. The van der Waals surface area contributed by atoms with Crippen molar-refractivity contribution in [3.8, 4) is 11.4 Å². The van der Waals surface area contributed by atoms with E-state index >= 15 is 0 Å². The Morgan fingerprint density at radius 3 is 2.50 bits per heavy atom. The summed E-state index contributed by atoms with van der Waals surface area (Å²) in [5.41, 5.74) is 2.39. The number of halogens is 2. The summed E-state index contributed by atoms with van der Waals surface area (Å²) in [7, 11) is -3.98. The fourth-order valence-corrected chi connectivity index (χ4v) is 6.01. The molecule has 1 aromatic heterocycles. The van der Waals surface area contributed by atoms with Gasteiger partial charge < -0.3 is 5.32 Å². The topological polar surface area (TPSA) is 108 Å². The van der Waals surface area contributed by atoms with Gasteiger partial charge in [0.2, 0.25) is 21.1 Å². The molecule has 2 N–H and O–H groups in total. The molecular formula is C26H25Cl2N5O3S2. The van der Waals surface area contributed by atoms with Gasteiger partial charge in [-0.2, -0.15) is 4.31 Å². The summed E-state index contributed by atoms with van der Waals surface area (Å²) in [6, 6.07) is 20.9. The molecule has 198 valence electrons. The number of hydrogen-bond acceptors (Lipinski definition) is 6. The number of H-pyrrole nitrogens is 1. The molecule has 12 heteroatoms. The van der Waals surface area contributed by atoms with Crippen molar-refractivity contribution < 1.29 is 13.2 Å². The smallest absolute Gasteiger partial charge is 0.243 e. The first kappa shape index (κ1) is 28.1. The van der Waals surface area contributed by atoms with E-state index in [0.717, 1.165) is 15.4 Å². The summed E-state index contributed by atoms with van der Waals surface area (Å²) in [5, 5.41) is 11.2. The number of aromatic amines is 1. The predicted octanol–water partition coefficient (Wildman–Crippen LogP) is 5.19. The number of aryl methyl sites for hydroxylation is 1. The first-order valence-corrected chi connectivity index (χ1v) is 14.8. The Hall–Kier alpha value is -2.89. The van der Waals surface area contributed by atoms with E-state index < -0.39 is 15.9 Å². The molecule has 38 heavy (non-hydrogen) atoms. The minimum atomic E-state index is -3.98. The molecule has 0 saturated heterocycles. The van der Waals surface area contributed by atoms with Gasteiger partial charge in [0.15, 0.2) is 5.82 Å². The van der Waals surface area contributed by atoms with Crippen molar-refractivity contribution in [3.63, 3.8) is 0 Å². The summed E-state index contributed by atoms with van der Waals surface area (Å²) in [6.45, 7) is 1.71. The van der Waals surface area contributed by atoms with E-state index in [-0.39, 0.29) is 18.0 Å². The number of nitrogens with one attached hydrogen (secondary N) is 2. The van der Waals surface area contributed by atoms with Gasteiger partial charge in [0.25, 0.3) is 0 Å². The van der Waals surface area contributed by atoms with Gasteiger partial charge >= 0.3 is 0 Å². The van der Waals surface area contributed by atoms with E-state index in [9.17, 15) is 13.2 Å². The maximum absolute atomic E-state index is 13.4. The maximum atomic E-state index is 13.4. The number of sulfonamides is 1. The Morgan fingerprint density at radius 1 is 1.05 bits per heavy atom. The zero-order valence-electron chi connectivity index (χ0n) is 20.4. The standard InChI is InChI=1S/C26H25Cl2N5O3S2/c1-18-7-11-22(12-8-18)38(35,36)33(16-20-9-10-21(27)15-23(20)28)17-24(34)29-13-14-37-26-30-25(31-32-26)19-5-3-2-4-6-19/h2-12,15H,13-14,16-17H2,1H3,(H,29,34)(H,30,31,32). The Morgan fingerprint density at radius 2 is 1.79 bits per heavy atom. The SMILES string of the molecule is Cc1ccc(S(=O)(=O)N(CC(=O)NCCSc2n[nH]c(-c3ccccc3)n2)Cc2ccc(Cl)cc2Cl)cc1. The van der Waals surface area contributed by atoms with Crippen molar-refractivity contribution in [2.24, 2.45) is 0 Å².